The fourth-order valence-corrected chi connectivity index (χ4v) is 3.90. The number of carboxylic acids is 4. The average Bonchev–Trinajstić information content (AvgIpc) is 2.85. The first kappa shape index (κ1) is 33.7. The van der Waals surface area contributed by atoms with Crippen LogP contribution in [-0.2, 0) is 28.7 Å². The van der Waals surface area contributed by atoms with Crippen LogP contribution in [0.1, 0.15) is 25.7 Å². The van der Waals surface area contributed by atoms with Gasteiger partial charge in [0.25, 0.3) is 0 Å². The SMILES string of the molecule is O=C(O)CCN1CCOCCN(CCC(=O)O)CCN(CCC(=O)O)CCOCCN(CCC(=O)O)CC1. The Morgan fingerprint density at radius 1 is 0.421 bits per heavy atom. The van der Waals surface area contributed by atoms with Crippen molar-refractivity contribution in [2.45, 2.75) is 25.7 Å². The van der Waals surface area contributed by atoms with Crippen molar-refractivity contribution in [3.63, 3.8) is 0 Å². The van der Waals surface area contributed by atoms with Crippen LogP contribution < -0.4 is 0 Å². The molecule has 1 fully saturated rings. The van der Waals surface area contributed by atoms with Gasteiger partial charge in [0.1, 0.15) is 0 Å². The number of nitrogens with zero attached hydrogens (tertiary/aromatic N) is 4. The van der Waals surface area contributed by atoms with Gasteiger partial charge in [0.05, 0.1) is 52.1 Å². The third-order valence-corrected chi connectivity index (χ3v) is 6.24. The van der Waals surface area contributed by atoms with Gasteiger partial charge in [0.15, 0.2) is 0 Å². The zero-order valence-corrected chi connectivity index (χ0v) is 22.2. The van der Waals surface area contributed by atoms with Gasteiger partial charge in [-0.1, -0.05) is 0 Å². The number of carboxylic acid groups (broad SMARTS) is 4. The fourth-order valence-electron chi connectivity index (χ4n) is 3.90. The van der Waals surface area contributed by atoms with E-state index < -0.39 is 23.9 Å². The number of carbonyl (C=O) groups is 4. The summed E-state index contributed by atoms with van der Waals surface area (Å²) < 4.78 is 11.6. The molecule has 0 unspecified atom stereocenters. The van der Waals surface area contributed by atoms with E-state index in [1.165, 1.54) is 0 Å². The number of hydrogen-bond acceptors (Lipinski definition) is 10. The first-order chi connectivity index (χ1) is 18.2. The van der Waals surface area contributed by atoms with Crippen molar-refractivity contribution in [3.8, 4) is 0 Å². The lowest BCUT2D eigenvalue weighted by Gasteiger charge is -2.29. The maximum atomic E-state index is 11.1. The van der Waals surface area contributed by atoms with Gasteiger partial charge < -0.3 is 29.9 Å². The van der Waals surface area contributed by atoms with Crippen molar-refractivity contribution >= 4 is 23.9 Å². The molecule has 1 rings (SSSR count). The second-order valence-corrected chi connectivity index (χ2v) is 9.17. The summed E-state index contributed by atoms with van der Waals surface area (Å²) in [5.74, 6) is -3.58. The van der Waals surface area contributed by atoms with Gasteiger partial charge in [0, 0.05) is 78.5 Å². The number of rotatable bonds is 12. The molecule has 0 amide bonds. The normalized spacial score (nSPS) is 19.4. The first-order valence-corrected chi connectivity index (χ1v) is 13.1. The average molecular weight is 549 g/mol. The molecule has 0 radical (unpaired) electrons. The van der Waals surface area contributed by atoms with Crippen LogP contribution in [0.5, 0.6) is 0 Å². The molecule has 0 spiro atoms. The van der Waals surface area contributed by atoms with E-state index in [4.69, 9.17) is 29.9 Å². The van der Waals surface area contributed by atoms with Crippen LogP contribution in [0.4, 0.5) is 0 Å². The Morgan fingerprint density at radius 3 is 0.816 bits per heavy atom. The van der Waals surface area contributed by atoms with Gasteiger partial charge in [-0.05, 0) is 0 Å². The first-order valence-electron chi connectivity index (χ1n) is 13.1. The molecule has 1 aliphatic rings. The molecule has 1 heterocycles. The predicted molar refractivity (Wildman–Crippen MR) is 136 cm³/mol. The van der Waals surface area contributed by atoms with E-state index in [1.54, 1.807) is 0 Å². The van der Waals surface area contributed by atoms with Gasteiger partial charge in [-0.3, -0.25) is 38.8 Å². The number of hydrogen-bond donors (Lipinski definition) is 4. The smallest absolute Gasteiger partial charge is 0.304 e. The van der Waals surface area contributed by atoms with E-state index in [0.29, 0.717) is 105 Å². The molecule has 1 aliphatic heterocycles. The number of aliphatic carboxylic acids is 4. The zero-order chi connectivity index (χ0) is 28.2. The minimum atomic E-state index is -0.895. The highest BCUT2D eigenvalue weighted by Gasteiger charge is 2.15. The summed E-state index contributed by atoms with van der Waals surface area (Å²) in [5, 5.41) is 36.4. The maximum absolute atomic E-state index is 11.1. The Labute approximate surface area is 223 Å². The Balaban J connectivity index is 2.84. The second-order valence-electron chi connectivity index (χ2n) is 9.17. The molecule has 0 aromatic carbocycles. The summed E-state index contributed by atoms with van der Waals surface area (Å²) >= 11 is 0. The summed E-state index contributed by atoms with van der Waals surface area (Å²) in [5.41, 5.74) is 0. The van der Waals surface area contributed by atoms with Crippen molar-refractivity contribution in [1.82, 2.24) is 19.6 Å². The topological polar surface area (TPSA) is 181 Å². The maximum Gasteiger partial charge on any atom is 0.304 e. The molecule has 14 heteroatoms. The van der Waals surface area contributed by atoms with E-state index in [2.05, 4.69) is 0 Å². The van der Waals surface area contributed by atoms with Crippen LogP contribution in [0, 0.1) is 0 Å². The van der Waals surface area contributed by atoms with Crippen LogP contribution in [0.15, 0.2) is 0 Å². The van der Waals surface area contributed by atoms with Gasteiger partial charge in [-0.15, -0.1) is 0 Å². The number of ether oxygens (including phenoxy) is 2. The van der Waals surface area contributed by atoms with E-state index >= 15 is 0 Å². The van der Waals surface area contributed by atoms with Gasteiger partial charge in [0.2, 0.25) is 0 Å². The summed E-state index contributed by atoms with van der Waals surface area (Å²) in [6.07, 6.45) is -0.0572. The molecule has 0 aliphatic carbocycles. The van der Waals surface area contributed by atoms with Gasteiger partial charge in [-0.25, -0.2) is 0 Å². The molecule has 0 atom stereocenters. The molecule has 220 valence electrons. The second kappa shape index (κ2) is 20.6. The lowest BCUT2D eigenvalue weighted by Crippen LogP contribution is -2.41. The van der Waals surface area contributed by atoms with E-state index in [9.17, 15) is 19.2 Å². The van der Waals surface area contributed by atoms with Crippen LogP contribution in [-0.4, -0.2) is 169 Å². The van der Waals surface area contributed by atoms with Gasteiger partial charge >= 0.3 is 23.9 Å². The van der Waals surface area contributed by atoms with E-state index in [0.717, 1.165) is 0 Å². The third-order valence-electron chi connectivity index (χ3n) is 6.24. The highest BCUT2D eigenvalue weighted by Crippen LogP contribution is 2.01. The van der Waals surface area contributed by atoms with Crippen LogP contribution >= 0.6 is 0 Å². The molecule has 1 saturated heterocycles. The third kappa shape index (κ3) is 18.8. The Bertz CT molecular complexity index is 598. The Kier molecular flexibility index (Phi) is 18.2. The minimum absolute atomic E-state index is 0.0143. The van der Waals surface area contributed by atoms with Crippen LogP contribution in [0.3, 0.4) is 0 Å². The minimum Gasteiger partial charge on any atom is -0.481 e. The zero-order valence-electron chi connectivity index (χ0n) is 22.2. The molecule has 0 aromatic heterocycles. The summed E-state index contributed by atoms with van der Waals surface area (Å²) in [6, 6.07) is 0. The molecular weight excluding hydrogens is 504 g/mol. The molecule has 4 N–H and O–H groups in total. The lowest BCUT2D eigenvalue weighted by atomic mass is 10.3. The largest absolute Gasteiger partial charge is 0.481 e. The predicted octanol–water partition coefficient (Wildman–Crippen LogP) is -0.860. The molecule has 0 saturated carbocycles. The Hall–Kier alpha value is -2.36. The molecule has 0 aromatic rings. The molecule has 0 bridgehead atoms. The van der Waals surface area contributed by atoms with Gasteiger partial charge in [-0.2, -0.15) is 0 Å². The fraction of sp³-hybridized carbons (Fsp3) is 0.833. The van der Waals surface area contributed by atoms with Crippen LogP contribution in [0.2, 0.25) is 0 Å². The van der Waals surface area contributed by atoms with Crippen molar-refractivity contribution in [2.24, 2.45) is 0 Å². The molecular formula is C24H44N4O10. The summed E-state index contributed by atoms with van der Waals surface area (Å²) in [6.45, 7) is 7.08. The van der Waals surface area contributed by atoms with Crippen molar-refractivity contribution < 1.29 is 49.1 Å². The van der Waals surface area contributed by atoms with Crippen molar-refractivity contribution in [3.05, 3.63) is 0 Å². The highest BCUT2D eigenvalue weighted by molar-refractivity contribution is 5.67. The quantitative estimate of drug-likeness (QED) is 0.236. The lowest BCUT2D eigenvalue weighted by molar-refractivity contribution is -0.138. The Morgan fingerprint density at radius 2 is 0.632 bits per heavy atom. The molecule has 14 nitrogen and oxygen atoms in total. The van der Waals surface area contributed by atoms with E-state index in [1.807, 2.05) is 19.6 Å². The monoisotopic (exact) mass is 548 g/mol. The van der Waals surface area contributed by atoms with Crippen molar-refractivity contribution in [1.29, 1.82) is 0 Å². The summed E-state index contributed by atoms with van der Waals surface area (Å²) in [7, 11) is 0. The van der Waals surface area contributed by atoms with Crippen molar-refractivity contribution in [2.75, 3.05) is 105 Å². The highest BCUT2D eigenvalue weighted by atomic mass is 16.5. The summed E-state index contributed by atoms with van der Waals surface area (Å²) in [4.78, 5) is 52.3. The van der Waals surface area contributed by atoms with E-state index in [-0.39, 0.29) is 25.7 Å². The molecule has 38 heavy (non-hydrogen) atoms. The standard InChI is InChI=1S/C24H44N4O10/c29-21(30)1-5-25-9-10-26(6-2-22(31)32)14-19-38-20-16-28(8-4-24(35)36)12-11-27(7-3-23(33)34)15-18-37-17-13-25/h1-20H2,(H,29,30)(H,31,32)(H,33,34)(H,35,36). The van der Waals surface area contributed by atoms with Crippen LogP contribution in [0.25, 0.3) is 0 Å².